The van der Waals surface area contributed by atoms with Crippen LogP contribution in [-0.4, -0.2) is 37.1 Å². The molecule has 2 N–H and O–H groups in total. The monoisotopic (exact) mass is 342 g/mol. The summed E-state index contributed by atoms with van der Waals surface area (Å²) < 4.78 is 24.1. The van der Waals surface area contributed by atoms with Gasteiger partial charge in [0.1, 0.15) is 0 Å². The lowest BCUT2D eigenvalue weighted by Crippen LogP contribution is -2.25. The minimum absolute atomic E-state index is 0.262. The largest absolute Gasteiger partial charge is 0.394 e. The van der Waals surface area contributed by atoms with Crippen LogP contribution >= 0.6 is 27.5 Å². The molecule has 0 spiro atoms. The predicted molar refractivity (Wildman–Crippen MR) is 69.7 cm³/mol. The van der Waals surface area contributed by atoms with Gasteiger partial charge < -0.3 is 10.2 Å². The summed E-state index contributed by atoms with van der Waals surface area (Å²) >= 11 is 9.10. The SMILES string of the molecule is O=S(=O)(Cc1cc(Br)ccc1Cl)C[C@H](O)CO. The van der Waals surface area contributed by atoms with Gasteiger partial charge in [0, 0.05) is 9.50 Å². The molecular weight excluding hydrogens is 332 g/mol. The highest BCUT2D eigenvalue weighted by molar-refractivity contribution is 9.10. The molecule has 0 unspecified atom stereocenters. The van der Waals surface area contributed by atoms with Crippen LogP contribution in [0.3, 0.4) is 0 Å². The molecule has 1 aromatic carbocycles. The summed E-state index contributed by atoms with van der Waals surface area (Å²) in [4.78, 5) is 0. The van der Waals surface area contributed by atoms with E-state index in [-0.39, 0.29) is 5.75 Å². The molecule has 0 radical (unpaired) electrons. The number of benzene rings is 1. The molecule has 0 bridgehead atoms. The normalized spacial score (nSPS) is 13.6. The van der Waals surface area contributed by atoms with E-state index in [4.69, 9.17) is 21.8 Å². The van der Waals surface area contributed by atoms with Crippen LogP contribution in [0.25, 0.3) is 0 Å². The van der Waals surface area contributed by atoms with Gasteiger partial charge in [0.2, 0.25) is 0 Å². The maximum atomic E-state index is 11.7. The fourth-order valence-corrected chi connectivity index (χ4v) is 3.49. The Balaban J connectivity index is 2.86. The average Bonchev–Trinajstić information content (AvgIpc) is 2.22. The third kappa shape index (κ3) is 4.93. The zero-order chi connectivity index (χ0) is 13.1. The summed E-state index contributed by atoms with van der Waals surface area (Å²) in [5.41, 5.74) is 0.464. The van der Waals surface area contributed by atoms with Crippen LogP contribution in [0.15, 0.2) is 22.7 Å². The summed E-state index contributed by atoms with van der Waals surface area (Å²) in [6.07, 6.45) is -1.26. The molecule has 1 aromatic rings. The van der Waals surface area contributed by atoms with E-state index in [0.29, 0.717) is 10.6 Å². The minimum Gasteiger partial charge on any atom is -0.394 e. The van der Waals surface area contributed by atoms with Crippen molar-refractivity contribution in [1.29, 1.82) is 0 Å². The molecule has 7 heteroatoms. The average molecular weight is 344 g/mol. The molecular formula is C10H12BrClO4S. The number of sulfone groups is 1. The second-order valence-electron chi connectivity index (χ2n) is 3.63. The van der Waals surface area contributed by atoms with Crippen LogP contribution in [0, 0.1) is 0 Å². The predicted octanol–water partition coefficient (Wildman–Crippen LogP) is 1.37. The van der Waals surface area contributed by atoms with Crippen LogP contribution in [0.4, 0.5) is 0 Å². The highest BCUT2D eigenvalue weighted by Gasteiger charge is 2.18. The first-order chi connectivity index (χ1) is 7.84. The second kappa shape index (κ2) is 6.15. The van der Waals surface area contributed by atoms with Crippen molar-refractivity contribution in [3.63, 3.8) is 0 Å². The zero-order valence-electron chi connectivity index (χ0n) is 8.81. The number of rotatable bonds is 5. The fraction of sp³-hybridized carbons (Fsp3) is 0.400. The van der Waals surface area contributed by atoms with Crippen LogP contribution in [0.1, 0.15) is 5.56 Å². The lowest BCUT2D eigenvalue weighted by Gasteiger charge is -2.09. The number of aliphatic hydroxyl groups excluding tert-OH is 2. The Labute approximate surface area is 113 Å². The highest BCUT2D eigenvalue weighted by atomic mass is 79.9. The topological polar surface area (TPSA) is 74.6 Å². The van der Waals surface area contributed by atoms with Crippen LogP contribution in [-0.2, 0) is 15.6 Å². The van der Waals surface area contributed by atoms with E-state index in [9.17, 15) is 8.42 Å². The smallest absolute Gasteiger partial charge is 0.157 e. The maximum absolute atomic E-state index is 11.7. The molecule has 0 aliphatic heterocycles. The molecule has 1 rings (SSSR count). The minimum atomic E-state index is -3.50. The molecule has 0 heterocycles. The van der Waals surface area contributed by atoms with Crippen molar-refractivity contribution >= 4 is 37.4 Å². The Morgan fingerprint density at radius 2 is 2.06 bits per heavy atom. The Kier molecular flexibility index (Phi) is 5.40. The molecule has 0 aliphatic rings. The molecule has 4 nitrogen and oxygen atoms in total. The van der Waals surface area contributed by atoms with Gasteiger partial charge in [0.25, 0.3) is 0 Å². The van der Waals surface area contributed by atoms with Gasteiger partial charge in [-0.1, -0.05) is 27.5 Å². The lowest BCUT2D eigenvalue weighted by molar-refractivity contribution is 0.112. The van der Waals surface area contributed by atoms with Gasteiger partial charge in [-0.3, -0.25) is 0 Å². The zero-order valence-corrected chi connectivity index (χ0v) is 12.0. The van der Waals surface area contributed by atoms with E-state index in [2.05, 4.69) is 15.9 Å². The summed E-state index contributed by atoms with van der Waals surface area (Å²) in [5, 5.41) is 18.1. The number of halogens is 2. The Hall–Kier alpha value is -0.140. The quantitative estimate of drug-likeness (QED) is 0.847. The van der Waals surface area contributed by atoms with Gasteiger partial charge >= 0.3 is 0 Å². The first kappa shape index (κ1) is 14.9. The Morgan fingerprint density at radius 1 is 1.41 bits per heavy atom. The molecule has 0 amide bonds. The van der Waals surface area contributed by atoms with Gasteiger partial charge in [-0.15, -0.1) is 0 Å². The van der Waals surface area contributed by atoms with Crippen LogP contribution < -0.4 is 0 Å². The van der Waals surface area contributed by atoms with Crippen molar-refractivity contribution < 1.29 is 18.6 Å². The van der Waals surface area contributed by atoms with Gasteiger partial charge in [0.05, 0.1) is 24.2 Å². The van der Waals surface area contributed by atoms with Crippen LogP contribution in [0.2, 0.25) is 5.02 Å². The highest BCUT2D eigenvalue weighted by Crippen LogP contribution is 2.23. The van der Waals surface area contributed by atoms with Crippen LogP contribution in [0.5, 0.6) is 0 Å². The summed E-state index contributed by atoms with van der Waals surface area (Å²) in [5.74, 6) is -0.741. The van der Waals surface area contributed by atoms with Gasteiger partial charge in [-0.2, -0.15) is 0 Å². The molecule has 0 aromatic heterocycles. The van der Waals surface area contributed by atoms with Gasteiger partial charge in [-0.05, 0) is 23.8 Å². The number of hydrogen-bond acceptors (Lipinski definition) is 4. The van der Waals surface area contributed by atoms with Crippen molar-refractivity contribution in [3.8, 4) is 0 Å². The number of hydrogen-bond donors (Lipinski definition) is 2. The summed E-state index contributed by atoms with van der Waals surface area (Å²) in [7, 11) is -3.50. The van der Waals surface area contributed by atoms with Crippen molar-refractivity contribution in [1.82, 2.24) is 0 Å². The van der Waals surface area contributed by atoms with E-state index in [1.807, 2.05) is 0 Å². The Morgan fingerprint density at radius 3 is 2.65 bits per heavy atom. The summed E-state index contributed by atoms with van der Waals surface area (Å²) in [6.45, 7) is -0.578. The molecule has 1 atom stereocenters. The third-order valence-corrected chi connectivity index (χ3v) is 4.55. The first-order valence-corrected chi connectivity index (χ1v) is 7.76. The van der Waals surface area contributed by atoms with Crippen molar-refractivity contribution in [2.24, 2.45) is 0 Å². The van der Waals surface area contributed by atoms with Gasteiger partial charge in [-0.25, -0.2) is 8.42 Å². The number of aliphatic hydroxyl groups is 2. The Bertz CT molecular complexity index is 489. The molecule has 17 heavy (non-hydrogen) atoms. The summed E-state index contributed by atoms with van der Waals surface area (Å²) in [6, 6.07) is 4.92. The fourth-order valence-electron chi connectivity index (χ4n) is 1.30. The molecule has 0 fully saturated rings. The standard InChI is InChI=1S/C10H12BrClO4S/c11-8-1-2-10(12)7(3-8)5-17(15,16)6-9(14)4-13/h1-3,9,13-14H,4-6H2/t9-/m1/s1. The third-order valence-electron chi connectivity index (χ3n) is 2.04. The first-order valence-electron chi connectivity index (χ1n) is 4.77. The molecule has 96 valence electrons. The lowest BCUT2D eigenvalue weighted by atomic mass is 10.2. The van der Waals surface area contributed by atoms with Crippen molar-refractivity contribution in [2.45, 2.75) is 11.9 Å². The molecule has 0 aliphatic carbocycles. The van der Waals surface area contributed by atoms with E-state index in [1.165, 1.54) is 0 Å². The second-order valence-corrected chi connectivity index (χ2v) is 7.06. The van der Waals surface area contributed by atoms with Gasteiger partial charge in [0.15, 0.2) is 9.84 Å². The van der Waals surface area contributed by atoms with E-state index in [1.54, 1.807) is 18.2 Å². The molecule has 0 saturated heterocycles. The van der Waals surface area contributed by atoms with E-state index < -0.39 is 28.3 Å². The van der Waals surface area contributed by atoms with Crippen molar-refractivity contribution in [2.75, 3.05) is 12.4 Å². The molecule has 0 saturated carbocycles. The van der Waals surface area contributed by atoms with E-state index in [0.717, 1.165) is 4.47 Å². The van der Waals surface area contributed by atoms with E-state index >= 15 is 0 Å². The van der Waals surface area contributed by atoms with Crippen molar-refractivity contribution in [3.05, 3.63) is 33.3 Å². The maximum Gasteiger partial charge on any atom is 0.157 e.